The molecule has 2 aromatic carbocycles. The molecular weight excluding hydrogens is 362 g/mol. The van der Waals surface area contributed by atoms with Gasteiger partial charge in [-0.05, 0) is 55.5 Å². The lowest BCUT2D eigenvalue weighted by molar-refractivity contribution is 0.218. The highest BCUT2D eigenvalue weighted by atomic mass is 32.2. The van der Waals surface area contributed by atoms with Crippen LogP contribution in [0.4, 0.5) is 0 Å². The van der Waals surface area contributed by atoms with Crippen molar-refractivity contribution in [1.29, 1.82) is 0 Å². The minimum absolute atomic E-state index is 0.640. The van der Waals surface area contributed by atoms with Crippen molar-refractivity contribution in [1.82, 2.24) is 14.8 Å². The van der Waals surface area contributed by atoms with Crippen molar-refractivity contribution in [2.24, 2.45) is 0 Å². The van der Waals surface area contributed by atoms with Gasteiger partial charge in [-0.2, -0.15) is 0 Å². The van der Waals surface area contributed by atoms with Crippen molar-refractivity contribution in [3.63, 3.8) is 0 Å². The van der Waals surface area contributed by atoms with Crippen molar-refractivity contribution < 1.29 is 14.2 Å². The summed E-state index contributed by atoms with van der Waals surface area (Å²) in [4.78, 5) is 0. The van der Waals surface area contributed by atoms with Gasteiger partial charge < -0.3 is 14.2 Å². The van der Waals surface area contributed by atoms with E-state index in [0.29, 0.717) is 13.2 Å². The third-order valence-corrected chi connectivity index (χ3v) is 4.80. The van der Waals surface area contributed by atoms with Gasteiger partial charge in [0.25, 0.3) is 0 Å². The van der Waals surface area contributed by atoms with Gasteiger partial charge in [-0.1, -0.05) is 11.8 Å². The van der Waals surface area contributed by atoms with Gasteiger partial charge in [0.15, 0.2) is 11.0 Å². The van der Waals surface area contributed by atoms with Crippen LogP contribution in [0.2, 0.25) is 0 Å². The fourth-order valence-electron chi connectivity index (χ4n) is 2.60. The van der Waals surface area contributed by atoms with Crippen LogP contribution in [0.15, 0.2) is 53.7 Å². The van der Waals surface area contributed by atoms with Crippen LogP contribution in [0.1, 0.15) is 6.92 Å². The van der Waals surface area contributed by atoms with E-state index in [9.17, 15) is 0 Å². The maximum absolute atomic E-state index is 5.55. The van der Waals surface area contributed by atoms with E-state index in [-0.39, 0.29) is 0 Å². The van der Waals surface area contributed by atoms with Crippen molar-refractivity contribution in [3.05, 3.63) is 48.5 Å². The topological polar surface area (TPSA) is 58.4 Å². The first kappa shape index (κ1) is 19.3. The molecule has 0 amide bonds. The fourth-order valence-corrected chi connectivity index (χ4v) is 3.45. The molecule has 0 unspecified atom stereocenters. The second kappa shape index (κ2) is 9.43. The Morgan fingerprint density at radius 1 is 0.926 bits per heavy atom. The maximum Gasteiger partial charge on any atom is 0.196 e. The number of benzene rings is 2. The standard InChI is InChI=1S/C20H23N3O3S/c1-4-26-18-11-7-16(8-12-18)23-19(15-5-9-17(25-3)10-6-15)21-22-20(23)27-14-13-24-2/h5-12H,4,13-14H2,1-3H3. The molecule has 0 saturated carbocycles. The Hall–Kier alpha value is -2.51. The molecule has 0 bridgehead atoms. The Kier molecular flexibility index (Phi) is 6.73. The van der Waals surface area contributed by atoms with Crippen molar-refractivity contribution >= 4 is 11.8 Å². The summed E-state index contributed by atoms with van der Waals surface area (Å²) in [5.41, 5.74) is 1.95. The van der Waals surface area contributed by atoms with E-state index in [0.717, 1.165) is 39.5 Å². The number of rotatable bonds is 9. The summed E-state index contributed by atoms with van der Waals surface area (Å²) in [6.45, 7) is 3.26. The first-order chi connectivity index (χ1) is 13.3. The molecule has 0 fully saturated rings. The Labute approximate surface area is 163 Å². The molecule has 7 heteroatoms. The maximum atomic E-state index is 5.55. The van der Waals surface area contributed by atoms with Crippen LogP contribution < -0.4 is 9.47 Å². The van der Waals surface area contributed by atoms with E-state index in [1.165, 1.54) is 0 Å². The molecule has 0 aliphatic rings. The molecule has 0 N–H and O–H groups in total. The number of aromatic nitrogens is 3. The van der Waals surface area contributed by atoms with E-state index in [4.69, 9.17) is 14.2 Å². The Balaban J connectivity index is 1.99. The highest BCUT2D eigenvalue weighted by Gasteiger charge is 2.16. The van der Waals surface area contributed by atoms with E-state index in [1.54, 1.807) is 26.0 Å². The predicted octanol–water partition coefficient (Wildman–Crippen LogP) is 4.08. The normalized spacial score (nSPS) is 10.8. The van der Waals surface area contributed by atoms with Gasteiger partial charge in [0.1, 0.15) is 11.5 Å². The minimum atomic E-state index is 0.640. The molecule has 3 rings (SSSR count). The van der Waals surface area contributed by atoms with Crippen LogP contribution in [-0.4, -0.2) is 48.0 Å². The highest BCUT2D eigenvalue weighted by molar-refractivity contribution is 7.99. The number of methoxy groups -OCH3 is 2. The van der Waals surface area contributed by atoms with Crippen LogP contribution in [0.5, 0.6) is 11.5 Å². The lowest BCUT2D eigenvalue weighted by Gasteiger charge is -2.11. The average molecular weight is 385 g/mol. The van der Waals surface area contributed by atoms with Gasteiger partial charge in [0.05, 0.1) is 20.3 Å². The van der Waals surface area contributed by atoms with Gasteiger partial charge in [-0.15, -0.1) is 10.2 Å². The largest absolute Gasteiger partial charge is 0.497 e. The molecule has 6 nitrogen and oxygen atoms in total. The number of hydrogen-bond acceptors (Lipinski definition) is 6. The average Bonchev–Trinajstić information content (AvgIpc) is 3.13. The van der Waals surface area contributed by atoms with Crippen LogP contribution in [0.25, 0.3) is 17.1 Å². The summed E-state index contributed by atoms with van der Waals surface area (Å²) >= 11 is 1.61. The zero-order valence-corrected chi connectivity index (χ0v) is 16.5. The van der Waals surface area contributed by atoms with Crippen molar-refractivity contribution in [3.8, 4) is 28.6 Å². The molecular formula is C20H23N3O3S. The molecule has 0 atom stereocenters. The zero-order chi connectivity index (χ0) is 19.1. The molecule has 0 aliphatic heterocycles. The molecule has 0 aliphatic carbocycles. The van der Waals surface area contributed by atoms with Crippen LogP contribution in [0.3, 0.4) is 0 Å². The third kappa shape index (κ3) is 4.61. The van der Waals surface area contributed by atoms with Crippen LogP contribution in [-0.2, 0) is 4.74 Å². The van der Waals surface area contributed by atoms with Crippen LogP contribution >= 0.6 is 11.8 Å². The smallest absolute Gasteiger partial charge is 0.196 e. The van der Waals surface area contributed by atoms with Gasteiger partial charge in [-0.25, -0.2) is 0 Å². The molecule has 0 spiro atoms. The fraction of sp³-hybridized carbons (Fsp3) is 0.300. The second-order valence-corrected chi connectivity index (χ2v) is 6.70. The monoisotopic (exact) mass is 385 g/mol. The Morgan fingerprint density at radius 3 is 2.26 bits per heavy atom. The SMILES string of the molecule is CCOc1ccc(-n2c(SCCOC)nnc2-c2ccc(OC)cc2)cc1. The van der Waals surface area contributed by atoms with Gasteiger partial charge >= 0.3 is 0 Å². The first-order valence-corrected chi connectivity index (χ1v) is 9.70. The summed E-state index contributed by atoms with van der Waals surface area (Å²) in [5, 5.41) is 9.66. The zero-order valence-electron chi connectivity index (χ0n) is 15.7. The third-order valence-electron chi connectivity index (χ3n) is 3.91. The Morgan fingerprint density at radius 2 is 1.63 bits per heavy atom. The van der Waals surface area contributed by atoms with Gasteiger partial charge in [0.2, 0.25) is 0 Å². The summed E-state index contributed by atoms with van der Waals surface area (Å²) in [7, 11) is 3.35. The second-order valence-electron chi connectivity index (χ2n) is 5.64. The molecule has 0 radical (unpaired) electrons. The predicted molar refractivity (Wildman–Crippen MR) is 107 cm³/mol. The van der Waals surface area contributed by atoms with E-state index >= 15 is 0 Å². The van der Waals surface area contributed by atoms with Crippen molar-refractivity contribution in [2.45, 2.75) is 12.1 Å². The number of nitrogens with zero attached hydrogens (tertiary/aromatic N) is 3. The van der Waals surface area contributed by atoms with Gasteiger partial charge in [0, 0.05) is 24.1 Å². The van der Waals surface area contributed by atoms with Crippen LogP contribution in [0, 0.1) is 0 Å². The lowest BCUT2D eigenvalue weighted by Crippen LogP contribution is -2.01. The highest BCUT2D eigenvalue weighted by Crippen LogP contribution is 2.29. The summed E-state index contributed by atoms with van der Waals surface area (Å²) in [6.07, 6.45) is 0. The first-order valence-electron chi connectivity index (χ1n) is 8.71. The lowest BCUT2D eigenvalue weighted by atomic mass is 10.2. The number of hydrogen-bond donors (Lipinski definition) is 0. The summed E-state index contributed by atoms with van der Waals surface area (Å²) in [6, 6.07) is 15.8. The van der Waals surface area contributed by atoms with Gasteiger partial charge in [-0.3, -0.25) is 4.57 Å². The van der Waals surface area contributed by atoms with E-state index in [1.807, 2.05) is 55.5 Å². The molecule has 3 aromatic rings. The van der Waals surface area contributed by atoms with Crippen molar-refractivity contribution in [2.75, 3.05) is 33.2 Å². The summed E-state index contributed by atoms with van der Waals surface area (Å²) < 4.78 is 18.0. The molecule has 142 valence electrons. The number of ether oxygens (including phenoxy) is 3. The molecule has 27 heavy (non-hydrogen) atoms. The Bertz CT molecular complexity index is 848. The minimum Gasteiger partial charge on any atom is -0.497 e. The summed E-state index contributed by atoms with van der Waals surface area (Å²) in [5.74, 6) is 3.23. The number of thioether (sulfide) groups is 1. The van der Waals surface area contributed by atoms with E-state index in [2.05, 4.69) is 14.8 Å². The quantitative estimate of drug-likeness (QED) is 0.409. The molecule has 0 saturated heterocycles. The molecule has 1 aromatic heterocycles. The van der Waals surface area contributed by atoms with E-state index < -0.39 is 0 Å². The molecule has 1 heterocycles.